The number of pyridine rings is 1. The molecule has 0 bridgehead atoms. The van der Waals surface area contributed by atoms with Crippen LogP contribution in [0.1, 0.15) is 5.69 Å². The highest BCUT2D eigenvalue weighted by molar-refractivity contribution is 9.11. The molecule has 1 saturated heterocycles. The Morgan fingerprint density at radius 1 is 1.44 bits per heavy atom. The minimum Gasteiger partial charge on any atom is -0.329 e. The first-order valence-corrected chi connectivity index (χ1v) is 7.61. The number of aromatic nitrogens is 1. The first kappa shape index (κ1) is 14.4. The predicted molar refractivity (Wildman–Crippen MR) is 80.4 cm³/mol. The highest BCUT2D eigenvalue weighted by Crippen LogP contribution is 2.22. The molecule has 2 rings (SSSR count). The van der Waals surface area contributed by atoms with E-state index < -0.39 is 0 Å². The van der Waals surface area contributed by atoms with E-state index in [4.69, 9.17) is 5.73 Å². The van der Waals surface area contributed by atoms with Gasteiger partial charge < -0.3 is 10.6 Å². The first-order valence-electron chi connectivity index (χ1n) is 6.02. The Kier molecular flexibility index (Phi) is 5.14. The third-order valence-corrected chi connectivity index (χ3v) is 4.44. The predicted octanol–water partition coefficient (Wildman–Crippen LogP) is 1.68. The van der Waals surface area contributed by atoms with Crippen LogP contribution in [0, 0.1) is 0 Å². The molecule has 0 saturated carbocycles. The summed E-state index contributed by atoms with van der Waals surface area (Å²) in [6.07, 6.45) is 1.84. The van der Waals surface area contributed by atoms with Crippen molar-refractivity contribution < 1.29 is 0 Å². The van der Waals surface area contributed by atoms with Crippen LogP contribution in [0.4, 0.5) is 0 Å². The van der Waals surface area contributed by atoms with Gasteiger partial charge in [0.2, 0.25) is 0 Å². The molecule has 2 heterocycles. The van der Waals surface area contributed by atoms with Crippen molar-refractivity contribution in [2.45, 2.75) is 12.6 Å². The lowest BCUT2D eigenvalue weighted by molar-refractivity contribution is 0.0868. The van der Waals surface area contributed by atoms with Crippen LogP contribution in [0.5, 0.6) is 0 Å². The minimum atomic E-state index is 0.418. The number of piperazine rings is 1. The molecule has 0 spiro atoms. The molecule has 1 unspecified atom stereocenters. The molecule has 1 atom stereocenters. The van der Waals surface area contributed by atoms with Gasteiger partial charge in [0.25, 0.3) is 0 Å². The molecule has 0 aliphatic carbocycles. The first-order chi connectivity index (χ1) is 8.60. The van der Waals surface area contributed by atoms with Gasteiger partial charge in [0.15, 0.2) is 0 Å². The number of rotatable bonds is 3. The summed E-state index contributed by atoms with van der Waals surface area (Å²) in [7, 11) is 2.15. The van der Waals surface area contributed by atoms with E-state index in [9.17, 15) is 0 Å². The third-order valence-electron chi connectivity index (χ3n) is 3.32. The monoisotopic (exact) mass is 376 g/mol. The highest BCUT2D eigenvalue weighted by Gasteiger charge is 2.24. The summed E-state index contributed by atoms with van der Waals surface area (Å²) >= 11 is 6.99. The summed E-state index contributed by atoms with van der Waals surface area (Å²) in [5.41, 5.74) is 6.93. The van der Waals surface area contributed by atoms with E-state index in [1.54, 1.807) is 0 Å². The molecule has 100 valence electrons. The van der Waals surface area contributed by atoms with Crippen molar-refractivity contribution in [1.82, 2.24) is 14.8 Å². The van der Waals surface area contributed by atoms with Crippen molar-refractivity contribution >= 4 is 31.9 Å². The zero-order valence-electron chi connectivity index (χ0n) is 10.4. The molecule has 4 nitrogen and oxygen atoms in total. The Bertz CT molecular complexity index is 413. The number of hydrogen-bond acceptors (Lipinski definition) is 4. The molecule has 6 heteroatoms. The average molecular weight is 378 g/mol. The van der Waals surface area contributed by atoms with Crippen LogP contribution in [-0.4, -0.2) is 54.1 Å². The molecule has 1 aliphatic heterocycles. The number of hydrogen-bond donors (Lipinski definition) is 1. The Labute approximate surface area is 125 Å². The number of nitrogens with two attached hydrogens (primary N) is 1. The van der Waals surface area contributed by atoms with Crippen LogP contribution in [0.2, 0.25) is 0 Å². The van der Waals surface area contributed by atoms with Crippen LogP contribution in [0.25, 0.3) is 0 Å². The summed E-state index contributed by atoms with van der Waals surface area (Å²) < 4.78 is 2.04. The van der Waals surface area contributed by atoms with Crippen molar-refractivity contribution in [2.24, 2.45) is 5.73 Å². The highest BCUT2D eigenvalue weighted by atomic mass is 79.9. The maximum absolute atomic E-state index is 5.86. The normalized spacial score (nSPS) is 22.3. The van der Waals surface area contributed by atoms with Gasteiger partial charge in [-0.2, -0.15) is 0 Å². The lowest BCUT2D eigenvalue weighted by Crippen LogP contribution is -2.54. The van der Waals surface area contributed by atoms with E-state index in [0.29, 0.717) is 12.6 Å². The van der Waals surface area contributed by atoms with Gasteiger partial charge in [0.1, 0.15) is 0 Å². The van der Waals surface area contributed by atoms with Crippen LogP contribution < -0.4 is 5.73 Å². The molecular weight excluding hydrogens is 360 g/mol. The van der Waals surface area contributed by atoms with E-state index in [-0.39, 0.29) is 0 Å². The standard InChI is InChI=1S/C12H18Br2N4/c1-17-2-3-18(10(5-15)7-17)8-12-11(14)4-9(13)6-16-12/h4,6,10H,2-3,5,7-8,15H2,1H3. The van der Waals surface area contributed by atoms with Crippen LogP contribution >= 0.6 is 31.9 Å². The topological polar surface area (TPSA) is 45.4 Å². The average Bonchev–Trinajstić information content (AvgIpc) is 2.34. The molecule has 0 radical (unpaired) electrons. The number of nitrogens with zero attached hydrogens (tertiary/aromatic N) is 3. The Balaban J connectivity index is 2.07. The molecule has 0 aromatic carbocycles. The van der Waals surface area contributed by atoms with E-state index >= 15 is 0 Å². The van der Waals surface area contributed by atoms with Gasteiger partial charge in [-0.3, -0.25) is 9.88 Å². The van der Waals surface area contributed by atoms with E-state index in [1.165, 1.54) is 0 Å². The van der Waals surface area contributed by atoms with E-state index in [1.807, 2.05) is 12.3 Å². The van der Waals surface area contributed by atoms with Gasteiger partial charge in [0, 0.05) is 53.9 Å². The molecule has 1 fully saturated rings. The van der Waals surface area contributed by atoms with Crippen molar-refractivity contribution in [2.75, 3.05) is 33.2 Å². The Morgan fingerprint density at radius 3 is 2.89 bits per heavy atom. The van der Waals surface area contributed by atoms with Gasteiger partial charge >= 0.3 is 0 Å². The second-order valence-electron chi connectivity index (χ2n) is 4.70. The van der Waals surface area contributed by atoms with Crippen LogP contribution in [-0.2, 0) is 6.54 Å². The summed E-state index contributed by atoms with van der Waals surface area (Å²) in [5.74, 6) is 0. The lowest BCUT2D eigenvalue weighted by atomic mass is 10.1. The molecule has 18 heavy (non-hydrogen) atoms. The zero-order chi connectivity index (χ0) is 13.1. The van der Waals surface area contributed by atoms with Crippen LogP contribution in [0.15, 0.2) is 21.2 Å². The van der Waals surface area contributed by atoms with Crippen molar-refractivity contribution in [3.05, 3.63) is 26.9 Å². The summed E-state index contributed by atoms with van der Waals surface area (Å²) in [5, 5.41) is 0. The number of halogens is 2. The molecule has 1 aromatic heterocycles. The Hall–Kier alpha value is -0.0100. The fourth-order valence-corrected chi connectivity index (χ4v) is 3.34. The largest absolute Gasteiger partial charge is 0.329 e. The third kappa shape index (κ3) is 3.51. The fraction of sp³-hybridized carbons (Fsp3) is 0.583. The maximum atomic E-state index is 5.86. The fourth-order valence-electron chi connectivity index (χ4n) is 2.23. The summed E-state index contributed by atoms with van der Waals surface area (Å²) in [6.45, 7) is 4.71. The minimum absolute atomic E-state index is 0.418. The van der Waals surface area contributed by atoms with Gasteiger partial charge in [-0.25, -0.2) is 0 Å². The van der Waals surface area contributed by atoms with Gasteiger partial charge in [0.05, 0.1) is 5.69 Å². The van der Waals surface area contributed by atoms with Gasteiger partial charge in [-0.05, 0) is 45.0 Å². The van der Waals surface area contributed by atoms with Gasteiger partial charge in [-0.1, -0.05) is 0 Å². The Morgan fingerprint density at radius 2 is 2.22 bits per heavy atom. The van der Waals surface area contributed by atoms with Gasteiger partial charge in [-0.15, -0.1) is 0 Å². The molecular formula is C12H18Br2N4. The maximum Gasteiger partial charge on any atom is 0.0686 e. The SMILES string of the molecule is CN1CCN(Cc2ncc(Br)cc2Br)C(CN)C1. The smallest absolute Gasteiger partial charge is 0.0686 e. The van der Waals surface area contributed by atoms with Crippen molar-refractivity contribution in [3.63, 3.8) is 0 Å². The van der Waals surface area contributed by atoms with Crippen molar-refractivity contribution in [3.8, 4) is 0 Å². The molecule has 2 N–H and O–H groups in total. The number of likely N-dealkylation sites (N-methyl/N-ethyl adjacent to an activating group) is 1. The van der Waals surface area contributed by atoms with Crippen molar-refractivity contribution in [1.29, 1.82) is 0 Å². The van der Waals surface area contributed by atoms with E-state index in [0.717, 1.165) is 40.8 Å². The lowest BCUT2D eigenvalue weighted by Gasteiger charge is -2.39. The van der Waals surface area contributed by atoms with E-state index in [2.05, 4.69) is 53.7 Å². The summed E-state index contributed by atoms with van der Waals surface area (Å²) in [6, 6.07) is 2.46. The quantitative estimate of drug-likeness (QED) is 0.870. The molecule has 1 aliphatic rings. The zero-order valence-corrected chi connectivity index (χ0v) is 13.6. The second kappa shape index (κ2) is 6.43. The summed E-state index contributed by atoms with van der Waals surface area (Å²) in [4.78, 5) is 9.22. The molecule has 0 amide bonds. The van der Waals surface area contributed by atoms with Crippen LogP contribution in [0.3, 0.4) is 0 Å². The second-order valence-corrected chi connectivity index (χ2v) is 6.47. The molecule has 1 aromatic rings.